The number of hydrogen-bond donors (Lipinski definition) is 3. The molecular formula is C44H68N6O8. The third-order valence-electron chi connectivity index (χ3n) is 11.0. The van der Waals surface area contributed by atoms with E-state index in [2.05, 4.69) is 21.9 Å². The van der Waals surface area contributed by atoms with E-state index in [0.29, 0.717) is 19.3 Å². The highest BCUT2D eigenvalue weighted by molar-refractivity contribution is 5.97. The summed E-state index contributed by atoms with van der Waals surface area (Å²) in [7, 11) is 4.44. The SMILES string of the molecule is C#CCCC[C@H]1NC(=O)[C@H](C(C)C)NC(=O)[C@@H](Cc2ccccc2)N(C)C(=O)[C@@H](C(C)C)N(C)C(=O)[C@H](C(C)C)NC(=O)[C@H](C(C)C)N(C)C(=O)[C@H](C)OC(=O)[C@H]1C. The first kappa shape index (κ1) is 49.2. The number of carbonyl (C=O) groups excluding carboxylic acids is 7. The van der Waals surface area contributed by atoms with Crippen LogP contribution in [0.4, 0.5) is 0 Å². The molecule has 0 aromatic heterocycles. The maximum atomic E-state index is 14.6. The molecular weight excluding hydrogens is 741 g/mol. The number of likely N-dealkylation sites (N-methyl/N-ethyl adjacent to an activating group) is 3. The fourth-order valence-electron chi connectivity index (χ4n) is 7.39. The number of ether oxygens (including phenoxy) is 1. The van der Waals surface area contributed by atoms with Crippen LogP contribution < -0.4 is 16.0 Å². The predicted molar refractivity (Wildman–Crippen MR) is 222 cm³/mol. The number of unbranched alkanes of at least 4 members (excludes halogenated alkanes) is 1. The Morgan fingerprint density at radius 1 is 0.655 bits per heavy atom. The number of esters is 1. The van der Waals surface area contributed by atoms with Gasteiger partial charge in [-0.3, -0.25) is 33.6 Å². The minimum atomic E-state index is -1.30. The normalized spacial score (nSPS) is 26.9. The van der Waals surface area contributed by atoms with Crippen LogP contribution in [0.25, 0.3) is 0 Å². The van der Waals surface area contributed by atoms with Gasteiger partial charge in [0, 0.05) is 40.0 Å². The molecule has 8 atom stereocenters. The molecule has 1 aromatic carbocycles. The van der Waals surface area contributed by atoms with Crippen molar-refractivity contribution in [3.05, 3.63) is 35.9 Å². The third-order valence-corrected chi connectivity index (χ3v) is 11.0. The monoisotopic (exact) mass is 809 g/mol. The van der Waals surface area contributed by atoms with Gasteiger partial charge >= 0.3 is 5.97 Å². The van der Waals surface area contributed by atoms with Crippen molar-refractivity contribution < 1.29 is 38.3 Å². The van der Waals surface area contributed by atoms with Gasteiger partial charge in [-0.15, -0.1) is 12.3 Å². The lowest BCUT2D eigenvalue weighted by Crippen LogP contribution is -2.62. The second kappa shape index (κ2) is 22.3. The van der Waals surface area contributed by atoms with Crippen LogP contribution in [-0.4, -0.2) is 120 Å². The van der Waals surface area contributed by atoms with Crippen LogP contribution in [0.2, 0.25) is 0 Å². The molecule has 0 radical (unpaired) electrons. The van der Waals surface area contributed by atoms with E-state index >= 15 is 0 Å². The summed E-state index contributed by atoms with van der Waals surface area (Å²) in [6.07, 6.45) is 5.47. The number of rotatable bonds is 9. The topological polar surface area (TPSA) is 175 Å². The summed E-state index contributed by atoms with van der Waals surface area (Å²) in [5.41, 5.74) is 0.765. The molecule has 322 valence electrons. The first-order valence-electron chi connectivity index (χ1n) is 20.5. The van der Waals surface area contributed by atoms with Gasteiger partial charge in [0.2, 0.25) is 29.5 Å². The maximum Gasteiger partial charge on any atom is 0.311 e. The van der Waals surface area contributed by atoms with Crippen molar-refractivity contribution in [1.82, 2.24) is 30.7 Å². The average Bonchev–Trinajstić information content (AvgIpc) is 3.15. The maximum absolute atomic E-state index is 14.6. The van der Waals surface area contributed by atoms with Crippen molar-refractivity contribution in [2.45, 2.75) is 137 Å². The second-order valence-electron chi connectivity index (χ2n) is 17.0. The Hall–Kier alpha value is -4.93. The van der Waals surface area contributed by atoms with Crippen LogP contribution in [0.1, 0.15) is 94.1 Å². The van der Waals surface area contributed by atoms with Gasteiger partial charge in [0.25, 0.3) is 5.91 Å². The molecule has 0 saturated carbocycles. The molecule has 1 saturated heterocycles. The number of nitrogens with one attached hydrogen (secondary N) is 3. The molecule has 14 nitrogen and oxygen atoms in total. The smallest absolute Gasteiger partial charge is 0.311 e. The van der Waals surface area contributed by atoms with Gasteiger partial charge < -0.3 is 35.4 Å². The lowest BCUT2D eigenvalue weighted by molar-refractivity contribution is -0.164. The third kappa shape index (κ3) is 12.8. The summed E-state index contributed by atoms with van der Waals surface area (Å²) in [5, 5.41) is 8.69. The Morgan fingerprint density at radius 2 is 1.19 bits per heavy atom. The zero-order valence-corrected chi connectivity index (χ0v) is 36.8. The highest BCUT2D eigenvalue weighted by Crippen LogP contribution is 2.22. The molecule has 3 N–H and O–H groups in total. The molecule has 1 aromatic rings. The van der Waals surface area contributed by atoms with E-state index < -0.39 is 113 Å². The first-order valence-corrected chi connectivity index (χ1v) is 20.5. The summed E-state index contributed by atoms with van der Waals surface area (Å²) in [6, 6.07) is 3.01. The Kier molecular flexibility index (Phi) is 18.9. The molecule has 6 amide bonds. The molecule has 58 heavy (non-hydrogen) atoms. The summed E-state index contributed by atoms with van der Waals surface area (Å²) in [5.74, 6) is -4.23. The number of benzene rings is 1. The Morgan fingerprint density at radius 3 is 1.71 bits per heavy atom. The summed E-state index contributed by atoms with van der Waals surface area (Å²) in [6.45, 7) is 17.2. The number of nitrogens with zero attached hydrogens (tertiary/aromatic N) is 3. The fraction of sp³-hybridized carbons (Fsp3) is 0.659. The van der Waals surface area contributed by atoms with Crippen molar-refractivity contribution in [2.75, 3.05) is 21.1 Å². The van der Waals surface area contributed by atoms with Gasteiger partial charge in [-0.1, -0.05) is 85.7 Å². The Labute approximate surface area is 345 Å². The van der Waals surface area contributed by atoms with Crippen molar-refractivity contribution >= 4 is 41.4 Å². The first-order chi connectivity index (χ1) is 27.1. The number of hydrogen-bond acceptors (Lipinski definition) is 8. The summed E-state index contributed by atoms with van der Waals surface area (Å²) in [4.78, 5) is 103. The number of amides is 6. The second-order valence-corrected chi connectivity index (χ2v) is 17.0. The number of carbonyl (C=O) groups is 7. The van der Waals surface area contributed by atoms with Crippen molar-refractivity contribution in [3.8, 4) is 12.3 Å². The summed E-state index contributed by atoms with van der Waals surface area (Å²) < 4.78 is 5.68. The molecule has 1 fully saturated rings. The van der Waals surface area contributed by atoms with E-state index in [9.17, 15) is 33.6 Å². The van der Waals surface area contributed by atoms with Crippen molar-refractivity contribution in [3.63, 3.8) is 0 Å². The lowest BCUT2D eigenvalue weighted by Gasteiger charge is -2.39. The minimum Gasteiger partial charge on any atom is -0.452 e. The zero-order valence-electron chi connectivity index (χ0n) is 36.8. The number of terminal acetylenes is 1. The molecule has 0 spiro atoms. The highest BCUT2D eigenvalue weighted by atomic mass is 16.5. The van der Waals surface area contributed by atoms with Gasteiger partial charge in [-0.25, -0.2) is 0 Å². The molecule has 2 rings (SSSR count). The average molecular weight is 809 g/mol. The molecule has 0 unspecified atom stereocenters. The van der Waals surface area contributed by atoms with Crippen molar-refractivity contribution in [1.29, 1.82) is 0 Å². The quantitative estimate of drug-likeness (QED) is 0.194. The molecule has 1 heterocycles. The molecule has 1 aliphatic heterocycles. The van der Waals surface area contributed by atoms with Crippen LogP contribution >= 0.6 is 0 Å². The molecule has 14 heteroatoms. The standard InChI is InChI=1S/C44H68N6O8/c1-15-16-18-23-32-29(10)44(57)58-30(11)41(54)49(13)36(27(6)7)40(53)47-35(26(4)5)42(55)50(14)37(28(8)9)43(56)48(12)33(24-31-21-19-17-20-22-31)38(51)46-34(25(2)3)39(52)45-32/h1,17,19-22,25-30,32-37H,16,18,23-24H2,2-14H3,(H,45,52)(H,46,51)(H,47,53)/t29-,30-,32+,33+,34-,35-,36-,37+/m0/s1. The Balaban J connectivity index is 2.81. The van der Waals surface area contributed by atoms with Gasteiger partial charge in [-0.05, 0) is 55.9 Å². The lowest BCUT2D eigenvalue weighted by atomic mass is 9.94. The van der Waals surface area contributed by atoms with E-state index in [0.717, 1.165) is 5.56 Å². The molecule has 1 aliphatic rings. The van der Waals surface area contributed by atoms with Crippen LogP contribution in [0.5, 0.6) is 0 Å². The van der Waals surface area contributed by atoms with E-state index in [1.807, 2.05) is 30.3 Å². The van der Waals surface area contributed by atoms with E-state index in [1.54, 1.807) is 62.3 Å². The van der Waals surface area contributed by atoms with Crippen LogP contribution in [0.3, 0.4) is 0 Å². The molecule has 0 bridgehead atoms. The Bertz CT molecular complexity index is 1640. The highest BCUT2D eigenvalue weighted by Gasteiger charge is 2.42. The fourth-order valence-corrected chi connectivity index (χ4v) is 7.39. The van der Waals surface area contributed by atoms with Crippen LogP contribution in [0.15, 0.2) is 30.3 Å². The van der Waals surface area contributed by atoms with E-state index in [-0.39, 0.29) is 6.42 Å². The van der Waals surface area contributed by atoms with Gasteiger partial charge in [0.1, 0.15) is 30.2 Å². The zero-order chi connectivity index (χ0) is 44.2. The molecule has 0 aliphatic carbocycles. The summed E-state index contributed by atoms with van der Waals surface area (Å²) >= 11 is 0. The van der Waals surface area contributed by atoms with Crippen LogP contribution in [0, 0.1) is 41.9 Å². The van der Waals surface area contributed by atoms with E-state index in [4.69, 9.17) is 11.2 Å². The van der Waals surface area contributed by atoms with Gasteiger partial charge in [0.15, 0.2) is 6.10 Å². The van der Waals surface area contributed by atoms with Gasteiger partial charge in [-0.2, -0.15) is 0 Å². The predicted octanol–water partition coefficient (Wildman–Crippen LogP) is 3.17. The minimum absolute atomic E-state index is 0.104. The largest absolute Gasteiger partial charge is 0.452 e. The van der Waals surface area contributed by atoms with Crippen molar-refractivity contribution in [2.24, 2.45) is 29.6 Å². The number of cyclic esters (lactones) is 1. The van der Waals surface area contributed by atoms with Crippen LogP contribution in [-0.2, 0) is 44.7 Å². The van der Waals surface area contributed by atoms with E-state index in [1.165, 1.54) is 42.8 Å². The van der Waals surface area contributed by atoms with Gasteiger partial charge in [0.05, 0.1) is 5.92 Å².